The minimum Gasteiger partial charge on any atom is -0.481 e. The molecule has 0 aliphatic rings. The smallest absolute Gasteiger partial charge is 0.255 e. The molecular weight excluding hydrogens is 573 g/mol. The van der Waals surface area contributed by atoms with Crippen LogP contribution in [0.15, 0.2) is 77.2 Å². The minimum atomic E-state index is -3.69. The Balaban J connectivity index is 1.58. The first-order valence-corrected chi connectivity index (χ1v) is 15.0. The number of pyridine rings is 1. The zero-order valence-electron chi connectivity index (χ0n) is 23.6. The van der Waals surface area contributed by atoms with E-state index in [1.165, 1.54) is 45.5 Å². The van der Waals surface area contributed by atoms with Gasteiger partial charge >= 0.3 is 0 Å². The summed E-state index contributed by atoms with van der Waals surface area (Å²) in [6.07, 6.45) is 1.11. The van der Waals surface area contributed by atoms with Gasteiger partial charge in [-0.2, -0.15) is 4.98 Å². The normalized spacial score (nSPS) is 11.7. The van der Waals surface area contributed by atoms with Crippen molar-refractivity contribution in [3.63, 3.8) is 0 Å². The third-order valence-corrected chi connectivity index (χ3v) is 8.37. The number of carbonyl (C=O) groups is 1. The Bertz CT molecular complexity index is 2140. The highest BCUT2D eigenvalue weighted by molar-refractivity contribution is 7.92. The molecule has 0 unspecified atom stereocenters. The number of imidazole rings is 1. The van der Waals surface area contributed by atoms with E-state index < -0.39 is 21.7 Å². The molecule has 43 heavy (non-hydrogen) atoms. The van der Waals surface area contributed by atoms with Gasteiger partial charge in [-0.25, -0.2) is 17.8 Å². The van der Waals surface area contributed by atoms with Crippen LogP contribution in [0.1, 0.15) is 10.4 Å². The van der Waals surface area contributed by atoms with E-state index in [2.05, 4.69) is 20.3 Å². The first-order chi connectivity index (χ1) is 20.6. The van der Waals surface area contributed by atoms with Crippen LogP contribution in [0.4, 0.5) is 10.1 Å². The monoisotopic (exact) mass is 599 g/mol. The number of furan rings is 1. The number of amides is 1. The molecule has 6 aromatic rings. The number of halogens is 1. The molecule has 10 nitrogen and oxygen atoms in total. The maximum atomic E-state index is 13.7. The molecule has 0 saturated carbocycles. The molecule has 0 aliphatic heterocycles. The Morgan fingerprint density at radius 2 is 1.74 bits per heavy atom. The van der Waals surface area contributed by atoms with Crippen LogP contribution in [0.25, 0.3) is 56.0 Å². The molecule has 0 atom stereocenters. The van der Waals surface area contributed by atoms with Gasteiger partial charge in [-0.3, -0.25) is 9.10 Å². The standard InChI is InChI=1S/C31H26FN5O5S/c1-33-31(38)27-22-15-21(18-6-5-7-19(14-18)29-34-23-12-13-26(41-3)35-30(23)36-29)24(37(2)43(4,39)40)16-25(22)42-28(27)17-8-10-20(32)11-9-17/h5-16H,1-4H3,(H,33,38)(H,34,35,36). The number of carbonyl (C=O) groups excluding carboxylic acids is 1. The number of hydrogen-bond donors (Lipinski definition) is 2. The Morgan fingerprint density at radius 1 is 1.00 bits per heavy atom. The molecule has 6 rings (SSSR count). The molecule has 218 valence electrons. The Hall–Kier alpha value is -5.23. The van der Waals surface area contributed by atoms with E-state index in [9.17, 15) is 17.6 Å². The predicted octanol–water partition coefficient (Wildman–Crippen LogP) is 5.61. The number of anilines is 1. The zero-order valence-corrected chi connectivity index (χ0v) is 24.4. The summed E-state index contributed by atoms with van der Waals surface area (Å²) in [7, 11) is 0.796. The minimum absolute atomic E-state index is 0.235. The topological polar surface area (TPSA) is 130 Å². The number of ether oxygens (including phenoxy) is 1. The van der Waals surface area contributed by atoms with E-state index in [1.54, 1.807) is 18.2 Å². The van der Waals surface area contributed by atoms with E-state index >= 15 is 0 Å². The Labute approximate surface area is 246 Å². The number of nitrogens with one attached hydrogen (secondary N) is 2. The van der Waals surface area contributed by atoms with Crippen LogP contribution in [0, 0.1) is 5.82 Å². The molecule has 0 saturated heterocycles. The number of aromatic amines is 1. The van der Waals surface area contributed by atoms with Gasteiger partial charge in [0.1, 0.15) is 23.0 Å². The molecule has 0 fully saturated rings. The maximum absolute atomic E-state index is 13.7. The molecule has 12 heteroatoms. The van der Waals surface area contributed by atoms with Gasteiger partial charge in [-0.05, 0) is 48.0 Å². The van der Waals surface area contributed by atoms with Crippen LogP contribution >= 0.6 is 0 Å². The van der Waals surface area contributed by atoms with E-state index in [0.29, 0.717) is 50.7 Å². The van der Waals surface area contributed by atoms with Gasteiger partial charge in [-0.15, -0.1) is 0 Å². The van der Waals surface area contributed by atoms with Crippen molar-refractivity contribution in [1.29, 1.82) is 0 Å². The van der Waals surface area contributed by atoms with E-state index in [-0.39, 0.29) is 11.3 Å². The van der Waals surface area contributed by atoms with Crippen LogP contribution in [-0.2, 0) is 10.0 Å². The number of hydrogen-bond acceptors (Lipinski definition) is 7. The number of H-pyrrole nitrogens is 1. The lowest BCUT2D eigenvalue weighted by Gasteiger charge is -2.21. The van der Waals surface area contributed by atoms with Crippen molar-refractivity contribution in [2.45, 2.75) is 0 Å². The quantitative estimate of drug-likeness (QED) is 0.244. The fourth-order valence-electron chi connectivity index (χ4n) is 4.92. The van der Waals surface area contributed by atoms with Crippen molar-refractivity contribution in [3.8, 4) is 39.7 Å². The molecule has 2 N–H and O–H groups in total. The zero-order chi connectivity index (χ0) is 30.5. The molecular formula is C31H26FN5O5S. The lowest BCUT2D eigenvalue weighted by atomic mass is 9.97. The van der Waals surface area contributed by atoms with Crippen LogP contribution in [0.3, 0.4) is 0 Å². The third-order valence-electron chi connectivity index (χ3n) is 7.18. The van der Waals surface area contributed by atoms with Crippen molar-refractivity contribution >= 4 is 43.8 Å². The van der Waals surface area contributed by atoms with Crippen molar-refractivity contribution in [3.05, 3.63) is 84.2 Å². The van der Waals surface area contributed by atoms with Crippen molar-refractivity contribution < 1.29 is 26.8 Å². The first kappa shape index (κ1) is 27.9. The second kappa shape index (κ2) is 10.6. The maximum Gasteiger partial charge on any atom is 0.255 e. The van der Waals surface area contributed by atoms with Gasteiger partial charge < -0.3 is 19.5 Å². The molecule has 0 spiro atoms. The van der Waals surface area contributed by atoms with Crippen molar-refractivity contribution in [1.82, 2.24) is 20.3 Å². The summed E-state index contributed by atoms with van der Waals surface area (Å²) >= 11 is 0. The molecule has 1 amide bonds. The van der Waals surface area contributed by atoms with Gasteiger partial charge in [0.25, 0.3) is 5.91 Å². The summed E-state index contributed by atoms with van der Waals surface area (Å²) in [6, 6.07) is 19.9. The summed E-state index contributed by atoms with van der Waals surface area (Å²) < 4.78 is 51.7. The number of nitrogens with zero attached hydrogens (tertiary/aromatic N) is 3. The van der Waals surface area contributed by atoms with Crippen molar-refractivity contribution in [2.24, 2.45) is 0 Å². The van der Waals surface area contributed by atoms with Gasteiger partial charge in [0.2, 0.25) is 15.9 Å². The van der Waals surface area contributed by atoms with E-state index in [4.69, 9.17) is 9.15 Å². The highest BCUT2D eigenvalue weighted by Gasteiger charge is 2.26. The summed E-state index contributed by atoms with van der Waals surface area (Å²) in [5.74, 6) is 0.392. The summed E-state index contributed by atoms with van der Waals surface area (Å²) in [5, 5.41) is 3.11. The molecule has 0 aliphatic carbocycles. The summed E-state index contributed by atoms with van der Waals surface area (Å²) in [6.45, 7) is 0. The number of fused-ring (bicyclic) bond motifs is 2. The lowest BCUT2D eigenvalue weighted by molar-refractivity contribution is 0.0964. The molecule has 3 aromatic carbocycles. The van der Waals surface area contributed by atoms with Crippen LogP contribution < -0.4 is 14.4 Å². The number of methoxy groups -OCH3 is 1. The molecule has 3 heterocycles. The third kappa shape index (κ3) is 5.06. The van der Waals surface area contributed by atoms with Gasteiger partial charge in [0.05, 0.1) is 30.1 Å². The van der Waals surface area contributed by atoms with Gasteiger partial charge in [-0.1, -0.05) is 18.2 Å². The number of rotatable bonds is 7. The second-order valence-electron chi connectivity index (χ2n) is 9.88. The SMILES string of the molecule is CNC(=O)c1c(-c2ccc(F)cc2)oc2cc(N(C)S(C)(=O)=O)c(-c3cccc(-c4nc5nc(OC)ccc5[nH]4)c3)cc12. The van der Waals surface area contributed by atoms with Crippen LogP contribution in [0.5, 0.6) is 5.88 Å². The highest BCUT2D eigenvalue weighted by Crippen LogP contribution is 2.42. The molecule has 0 bridgehead atoms. The fourth-order valence-corrected chi connectivity index (χ4v) is 5.43. The highest BCUT2D eigenvalue weighted by atomic mass is 32.2. The number of benzene rings is 3. The Kier molecular flexibility index (Phi) is 6.85. The summed E-state index contributed by atoms with van der Waals surface area (Å²) in [5.41, 5.74) is 4.51. The molecule has 3 aromatic heterocycles. The van der Waals surface area contributed by atoms with Crippen LogP contribution in [-0.4, -0.2) is 56.7 Å². The largest absolute Gasteiger partial charge is 0.481 e. The molecule has 0 radical (unpaired) electrons. The predicted molar refractivity (Wildman–Crippen MR) is 163 cm³/mol. The van der Waals surface area contributed by atoms with Gasteiger partial charge in [0.15, 0.2) is 5.65 Å². The number of aromatic nitrogens is 3. The van der Waals surface area contributed by atoms with Crippen molar-refractivity contribution in [2.75, 3.05) is 31.8 Å². The summed E-state index contributed by atoms with van der Waals surface area (Å²) in [4.78, 5) is 25.4. The van der Waals surface area contributed by atoms with E-state index in [1.807, 2.05) is 30.3 Å². The van der Waals surface area contributed by atoms with E-state index in [0.717, 1.165) is 21.6 Å². The lowest BCUT2D eigenvalue weighted by Crippen LogP contribution is -2.25. The first-order valence-electron chi connectivity index (χ1n) is 13.1. The average molecular weight is 600 g/mol. The van der Waals surface area contributed by atoms with Gasteiger partial charge in [0, 0.05) is 48.3 Å². The Morgan fingerprint density at radius 3 is 2.44 bits per heavy atom. The second-order valence-corrected chi connectivity index (χ2v) is 11.9. The fraction of sp³-hybridized carbons (Fsp3) is 0.129. The average Bonchev–Trinajstić information content (AvgIpc) is 3.60. The number of sulfonamides is 1. The van der Waals surface area contributed by atoms with Crippen LogP contribution in [0.2, 0.25) is 0 Å².